The predicted octanol–water partition coefficient (Wildman–Crippen LogP) is 3.16. The van der Waals surface area contributed by atoms with Crippen molar-refractivity contribution in [1.82, 2.24) is 0 Å². The van der Waals surface area contributed by atoms with Crippen molar-refractivity contribution < 1.29 is 19.2 Å². The number of hydrogen-bond acceptors (Lipinski definition) is 6. The number of esters is 1. The molecule has 8 heteroatoms. The molecule has 1 atom stereocenters. The number of anilines is 1. The maximum absolute atomic E-state index is 12.3. The fourth-order valence-corrected chi connectivity index (χ4v) is 3.78. The number of amides is 1. The molecule has 1 heterocycles. The lowest BCUT2D eigenvalue weighted by Gasteiger charge is -2.24. The van der Waals surface area contributed by atoms with Gasteiger partial charge in [-0.1, -0.05) is 12.1 Å². The third-order valence-electron chi connectivity index (χ3n) is 3.80. The standard InChI is InChI=1S/C17H14N2O5S/c1-24-17(21)11-5-7-13(8-6-11)18-15(20)10-25-16(18)12-3-2-4-14(9-12)19(22)23/h2-9,16H,10H2,1H3/t16-/m0/s1. The highest BCUT2D eigenvalue weighted by atomic mass is 32.2. The van der Waals surface area contributed by atoms with Crippen LogP contribution in [0.3, 0.4) is 0 Å². The zero-order valence-corrected chi connectivity index (χ0v) is 14.1. The van der Waals surface area contributed by atoms with Gasteiger partial charge in [-0.05, 0) is 29.8 Å². The van der Waals surface area contributed by atoms with Crippen LogP contribution in [0, 0.1) is 10.1 Å². The van der Waals surface area contributed by atoms with Gasteiger partial charge in [0.15, 0.2) is 0 Å². The molecule has 2 aromatic carbocycles. The smallest absolute Gasteiger partial charge is 0.337 e. The summed E-state index contributed by atoms with van der Waals surface area (Å²) < 4.78 is 4.66. The van der Waals surface area contributed by atoms with E-state index >= 15 is 0 Å². The number of thioether (sulfide) groups is 1. The number of benzene rings is 2. The van der Waals surface area contributed by atoms with E-state index in [4.69, 9.17) is 0 Å². The molecule has 1 amide bonds. The average molecular weight is 358 g/mol. The molecule has 0 spiro atoms. The summed E-state index contributed by atoms with van der Waals surface area (Å²) in [6.45, 7) is 0. The van der Waals surface area contributed by atoms with Gasteiger partial charge in [0.25, 0.3) is 5.69 Å². The Morgan fingerprint density at radius 1 is 1.28 bits per heavy atom. The van der Waals surface area contributed by atoms with Gasteiger partial charge in [0.05, 0.1) is 23.3 Å². The van der Waals surface area contributed by atoms with Gasteiger partial charge < -0.3 is 4.74 Å². The largest absolute Gasteiger partial charge is 0.465 e. The minimum Gasteiger partial charge on any atom is -0.465 e. The first kappa shape index (κ1) is 17.0. The maximum atomic E-state index is 12.3. The number of methoxy groups -OCH3 is 1. The van der Waals surface area contributed by atoms with E-state index < -0.39 is 10.9 Å². The number of carbonyl (C=O) groups is 2. The quantitative estimate of drug-likeness (QED) is 0.474. The zero-order chi connectivity index (χ0) is 18.0. The number of rotatable bonds is 4. The van der Waals surface area contributed by atoms with E-state index in [0.717, 1.165) is 0 Å². The van der Waals surface area contributed by atoms with Crippen LogP contribution in [0.15, 0.2) is 48.5 Å². The van der Waals surface area contributed by atoms with Gasteiger partial charge in [-0.25, -0.2) is 4.79 Å². The second-order valence-electron chi connectivity index (χ2n) is 5.32. The molecule has 3 rings (SSSR count). The van der Waals surface area contributed by atoms with Crippen LogP contribution in [-0.2, 0) is 9.53 Å². The minimum atomic E-state index is -0.458. The van der Waals surface area contributed by atoms with Gasteiger partial charge in [0.2, 0.25) is 5.91 Å². The highest BCUT2D eigenvalue weighted by molar-refractivity contribution is 8.00. The van der Waals surface area contributed by atoms with E-state index in [-0.39, 0.29) is 22.7 Å². The fourth-order valence-electron chi connectivity index (χ4n) is 2.62. The van der Waals surface area contributed by atoms with Crippen molar-refractivity contribution in [3.63, 3.8) is 0 Å². The van der Waals surface area contributed by atoms with Crippen molar-refractivity contribution in [2.75, 3.05) is 17.8 Å². The van der Waals surface area contributed by atoms with Crippen LogP contribution in [0.5, 0.6) is 0 Å². The molecule has 1 aliphatic heterocycles. The van der Waals surface area contributed by atoms with Gasteiger partial charge in [-0.15, -0.1) is 11.8 Å². The van der Waals surface area contributed by atoms with Gasteiger partial charge in [0.1, 0.15) is 5.37 Å². The van der Waals surface area contributed by atoms with E-state index in [1.807, 2.05) is 0 Å². The monoisotopic (exact) mass is 358 g/mol. The van der Waals surface area contributed by atoms with Crippen LogP contribution in [0.1, 0.15) is 21.3 Å². The average Bonchev–Trinajstić information content (AvgIpc) is 3.02. The summed E-state index contributed by atoms with van der Waals surface area (Å²) in [6, 6.07) is 12.8. The van der Waals surface area contributed by atoms with Crippen LogP contribution >= 0.6 is 11.8 Å². The first-order valence-electron chi connectivity index (χ1n) is 7.37. The SMILES string of the molecule is COC(=O)c1ccc(N2C(=O)CS[C@H]2c2cccc([N+](=O)[O-])c2)cc1. The Balaban J connectivity index is 1.93. The fraction of sp³-hybridized carbons (Fsp3) is 0.176. The van der Waals surface area contributed by atoms with E-state index in [0.29, 0.717) is 16.8 Å². The molecule has 1 saturated heterocycles. The number of ether oxygens (including phenoxy) is 1. The highest BCUT2D eigenvalue weighted by Crippen LogP contribution is 2.42. The molecule has 25 heavy (non-hydrogen) atoms. The number of nitro benzene ring substituents is 1. The number of non-ortho nitro benzene ring substituents is 1. The zero-order valence-electron chi connectivity index (χ0n) is 13.2. The van der Waals surface area contributed by atoms with Crippen molar-refractivity contribution in [2.24, 2.45) is 0 Å². The molecule has 0 saturated carbocycles. The number of hydrogen-bond donors (Lipinski definition) is 0. The predicted molar refractivity (Wildman–Crippen MR) is 93.6 cm³/mol. The molecule has 0 bridgehead atoms. The summed E-state index contributed by atoms with van der Waals surface area (Å²) in [7, 11) is 1.30. The lowest BCUT2D eigenvalue weighted by atomic mass is 10.1. The van der Waals surface area contributed by atoms with E-state index in [9.17, 15) is 19.7 Å². The van der Waals surface area contributed by atoms with Crippen molar-refractivity contribution in [1.29, 1.82) is 0 Å². The third kappa shape index (κ3) is 3.34. The van der Waals surface area contributed by atoms with Crippen LogP contribution in [0.2, 0.25) is 0 Å². The van der Waals surface area contributed by atoms with Crippen molar-refractivity contribution in [3.8, 4) is 0 Å². The number of nitrogens with zero attached hydrogens (tertiary/aromatic N) is 2. The molecule has 128 valence electrons. The van der Waals surface area contributed by atoms with Gasteiger partial charge >= 0.3 is 5.97 Å². The van der Waals surface area contributed by atoms with E-state index in [2.05, 4.69) is 4.74 Å². The summed E-state index contributed by atoms with van der Waals surface area (Å²) in [6.07, 6.45) is 0. The Bertz CT molecular complexity index is 837. The van der Waals surface area contributed by atoms with Gasteiger partial charge in [-0.2, -0.15) is 0 Å². The van der Waals surface area contributed by atoms with Crippen LogP contribution in [-0.4, -0.2) is 29.7 Å². The number of nitro groups is 1. The molecule has 7 nitrogen and oxygen atoms in total. The second-order valence-corrected chi connectivity index (χ2v) is 6.39. The Morgan fingerprint density at radius 3 is 2.64 bits per heavy atom. The topological polar surface area (TPSA) is 89.8 Å². The Hall–Kier alpha value is -2.87. The van der Waals surface area contributed by atoms with E-state index in [1.54, 1.807) is 41.3 Å². The van der Waals surface area contributed by atoms with Crippen LogP contribution in [0.25, 0.3) is 0 Å². The van der Waals surface area contributed by atoms with Gasteiger partial charge in [-0.3, -0.25) is 19.8 Å². The summed E-state index contributed by atoms with van der Waals surface area (Å²) in [5.41, 5.74) is 1.68. The lowest BCUT2D eigenvalue weighted by Crippen LogP contribution is -2.27. The Labute approximate surface area is 147 Å². The molecule has 0 unspecified atom stereocenters. The summed E-state index contributed by atoms with van der Waals surface area (Å²) in [4.78, 5) is 36.0. The molecule has 2 aromatic rings. The van der Waals surface area contributed by atoms with Gasteiger partial charge in [0, 0.05) is 17.8 Å². The first-order valence-corrected chi connectivity index (χ1v) is 8.42. The molecule has 0 aromatic heterocycles. The number of carbonyl (C=O) groups excluding carboxylic acids is 2. The molecule has 0 N–H and O–H groups in total. The lowest BCUT2D eigenvalue weighted by molar-refractivity contribution is -0.384. The first-order chi connectivity index (χ1) is 12.0. The summed E-state index contributed by atoms with van der Waals surface area (Å²) in [5, 5.41) is 10.6. The normalized spacial score (nSPS) is 16.8. The third-order valence-corrected chi connectivity index (χ3v) is 5.01. The summed E-state index contributed by atoms with van der Waals surface area (Å²) in [5.74, 6) is -0.261. The molecule has 1 fully saturated rings. The molecular formula is C17H14N2O5S. The van der Waals surface area contributed by atoms with Crippen molar-refractivity contribution >= 4 is 35.0 Å². The molecule has 0 aliphatic carbocycles. The van der Waals surface area contributed by atoms with Crippen molar-refractivity contribution in [2.45, 2.75) is 5.37 Å². The van der Waals surface area contributed by atoms with Crippen LogP contribution < -0.4 is 4.90 Å². The van der Waals surface area contributed by atoms with Crippen molar-refractivity contribution in [3.05, 3.63) is 69.8 Å². The molecule has 0 radical (unpaired) electrons. The minimum absolute atomic E-state index is 0.0153. The van der Waals surface area contributed by atoms with Crippen LogP contribution in [0.4, 0.5) is 11.4 Å². The second kappa shape index (κ2) is 6.94. The molecule has 1 aliphatic rings. The molecular weight excluding hydrogens is 344 g/mol. The maximum Gasteiger partial charge on any atom is 0.337 e. The summed E-state index contributed by atoms with van der Waals surface area (Å²) >= 11 is 1.40. The Morgan fingerprint density at radius 2 is 2.00 bits per heavy atom. The highest BCUT2D eigenvalue weighted by Gasteiger charge is 2.34. The van der Waals surface area contributed by atoms with E-state index in [1.165, 1.54) is 31.0 Å². The Kier molecular flexibility index (Phi) is 4.71.